The highest BCUT2D eigenvalue weighted by Crippen LogP contribution is 2.29. The van der Waals surface area contributed by atoms with Crippen LogP contribution in [0.3, 0.4) is 0 Å². The molecule has 2 aromatic carbocycles. The van der Waals surface area contributed by atoms with E-state index in [0.717, 1.165) is 18.7 Å². The van der Waals surface area contributed by atoms with E-state index in [4.69, 9.17) is 0 Å². The number of benzene rings is 2. The average Bonchev–Trinajstić information content (AvgIpc) is 2.85. The molecule has 0 unspecified atom stereocenters. The van der Waals surface area contributed by atoms with E-state index < -0.39 is 0 Å². The molecule has 3 rings (SSSR count). The Morgan fingerprint density at radius 3 is 2.45 bits per heavy atom. The van der Waals surface area contributed by atoms with Gasteiger partial charge in [0.1, 0.15) is 0 Å². The number of nitrogens with one attached hydrogen (secondary N) is 1. The van der Waals surface area contributed by atoms with Crippen LogP contribution in [0.5, 0.6) is 0 Å². The molecule has 0 atom stereocenters. The lowest BCUT2D eigenvalue weighted by Gasteiger charge is -2.07. The van der Waals surface area contributed by atoms with Gasteiger partial charge in [0.15, 0.2) is 5.78 Å². The predicted molar refractivity (Wildman–Crippen MR) is 97.4 cm³/mol. The lowest BCUT2D eigenvalue weighted by atomic mass is 10.1. The zero-order chi connectivity index (χ0) is 15.7. The monoisotopic (exact) mass is 310 g/mol. The molecule has 1 aromatic heterocycles. The van der Waals surface area contributed by atoms with Gasteiger partial charge in [-0.25, -0.2) is 0 Å². The van der Waals surface area contributed by atoms with E-state index in [1.807, 2.05) is 13.1 Å². The van der Waals surface area contributed by atoms with Gasteiger partial charge in [-0.15, -0.1) is 0 Å². The van der Waals surface area contributed by atoms with Gasteiger partial charge in [0.05, 0.1) is 9.52 Å². The lowest BCUT2D eigenvalue weighted by Crippen LogP contribution is -2.15. The Kier molecular flexibility index (Phi) is 4.14. The Morgan fingerprint density at radius 2 is 1.82 bits per heavy atom. The number of aromatic nitrogens is 1. The third kappa shape index (κ3) is 2.49. The fraction of sp³-hybridized carbons (Fsp3) is 0.278. The molecule has 0 aliphatic carbocycles. The fourth-order valence-corrected chi connectivity index (χ4v) is 3.82. The van der Waals surface area contributed by atoms with Gasteiger partial charge in [-0.05, 0) is 38.2 Å². The van der Waals surface area contributed by atoms with Crippen LogP contribution >= 0.6 is 0 Å². The van der Waals surface area contributed by atoms with Crippen LogP contribution in [0, 0.1) is 0 Å². The van der Waals surface area contributed by atoms with Gasteiger partial charge in [0.2, 0.25) is 0 Å². The van der Waals surface area contributed by atoms with Crippen LogP contribution in [-0.2, 0) is 6.54 Å². The summed E-state index contributed by atoms with van der Waals surface area (Å²) in [6.45, 7) is 5.80. The second-order valence-corrected chi connectivity index (χ2v) is 7.27. The lowest BCUT2D eigenvalue weighted by molar-refractivity contribution is 0.101. The first-order valence-corrected chi connectivity index (χ1v) is 9.98. The van der Waals surface area contributed by atoms with Crippen molar-refractivity contribution in [3.05, 3.63) is 42.0 Å². The Balaban J connectivity index is 2.33. The number of Topliss-reactive ketones (excluding diaryl/α,β-unsaturated/α-hetero) is 1. The van der Waals surface area contributed by atoms with Crippen molar-refractivity contribution in [2.24, 2.45) is 0 Å². The van der Waals surface area contributed by atoms with Gasteiger partial charge in [0, 0.05) is 40.5 Å². The highest BCUT2D eigenvalue weighted by atomic mass is 28.2. The molecule has 0 amide bonds. The van der Waals surface area contributed by atoms with E-state index in [1.165, 1.54) is 27.0 Å². The van der Waals surface area contributed by atoms with Gasteiger partial charge in [-0.3, -0.25) is 4.79 Å². The summed E-state index contributed by atoms with van der Waals surface area (Å²) in [7, 11) is 1.79. The van der Waals surface area contributed by atoms with Crippen molar-refractivity contribution < 1.29 is 4.79 Å². The first-order valence-electron chi connectivity index (χ1n) is 7.86. The Morgan fingerprint density at radius 1 is 1.14 bits per heavy atom. The van der Waals surface area contributed by atoms with Crippen LogP contribution in [0.4, 0.5) is 0 Å². The second-order valence-electron chi connectivity index (χ2n) is 5.75. The van der Waals surface area contributed by atoms with Crippen LogP contribution in [-0.4, -0.2) is 33.5 Å². The number of fused-ring (bicyclic) bond motifs is 3. The molecule has 1 heterocycles. The summed E-state index contributed by atoms with van der Waals surface area (Å²) in [4.78, 5) is 11.7. The summed E-state index contributed by atoms with van der Waals surface area (Å²) in [5.74, 6) is 0.124. The van der Waals surface area contributed by atoms with Crippen molar-refractivity contribution in [3.8, 4) is 0 Å². The third-order valence-corrected chi connectivity index (χ3v) is 5.59. The zero-order valence-electron chi connectivity index (χ0n) is 13.4. The molecule has 0 radical (unpaired) electrons. The van der Waals surface area contributed by atoms with Crippen molar-refractivity contribution >= 4 is 42.3 Å². The topological polar surface area (TPSA) is 34.0 Å². The molecule has 0 aliphatic rings. The quantitative estimate of drug-likeness (QED) is 0.578. The molecule has 0 fully saturated rings. The summed E-state index contributed by atoms with van der Waals surface area (Å²) in [6, 6.07) is 12.9. The van der Waals surface area contributed by atoms with Crippen molar-refractivity contribution in [1.82, 2.24) is 9.88 Å². The highest BCUT2D eigenvalue weighted by molar-refractivity contribution is 6.52. The number of nitrogens with zero attached hydrogens (tertiary/aromatic N) is 1. The molecule has 0 aliphatic heterocycles. The predicted octanol–water partition coefficient (Wildman–Crippen LogP) is 2.06. The van der Waals surface area contributed by atoms with Crippen LogP contribution in [0.15, 0.2) is 36.4 Å². The number of carbonyl (C=O) groups is 1. The first kappa shape index (κ1) is 15.0. The molecule has 1 N–H and O–H groups in total. The number of likely N-dealkylation sites (N-methyl/N-ethyl adjacent to an activating group) is 1. The van der Waals surface area contributed by atoms with E-state index in [2.05, 4.69) is 46.8 Å². The van der Waals surface area contributed by atoms with Crippen molar-refractivity contribution in [3.63, 3.8) is 0 Å². The molecule has 0 spiro atoms. The summed E-state index contributed by atoms with van der Waals surface area (Å²) in [6.07, 6.45) is 0. The minimum absolute atomic E-state index is 0.124. The highest BCUT2D eigenvalue weighted by Gasteiger charge is 2.12. The van der Waals surface area contributed by atoms with Gasteiger partial charge in [-0.2, -0.15) is 0 Å². The van der Waals surface area contributed by atoms with Crippen LogP contribution in [0.25, 0.3) is 21.8 Å². The molecule has 3 nitrogen and oxygen atoms in total. The number of carbonyl (C=O) groups excluding carboxylic acids is 1. The van der Waals surface area contributed by atoms with E-state index in [1.54, 1.807) is 6.92 Å². The number of rotatable bonds is 5. The summed E-state index contributed by atoms with van der Waals surface area (Å²) in [5.41, 5.74) is 3.27. The van der Waals surface area contributed by atoms with Gasteiger partial charge in [-0.1, -0.05) is 23.9 Å². The summed E-state index contributed by atoms with van der Waals surface area (Å²) >= 11 is 0. The standard InChI is InChI=1S/C18H22N2OSi/c1-12(21)13-4-6-17-15(10-13)16-11-14(22-3)5-7-18(16)20(17)9-8-19-2/h4-7,10-11,19H,8-9,22H2,1-3H3. The van der Waals surface area contributed by atoms with Crippen molar-refractivity contribution in [2.75, 3.05) is 13.6 Å². The van der Waals surface area contributed by atoms with Crippen LogP contribution in [0.1, 0.15) is 17.3 Å². The fourth-order valence-electron chi connectivity index (χ4n) is 3.05. The maximum Gasteiger partial charge on any atom is 0.159 e. The third-order valence-electron chi connectivity index (χ3n) is 4.33. The SMILES string of the molecule is CNCCn1c2ccc([SiH2]C)cc2c2cc(C(C)=O)ccc21. The maximum atomic E-state index is 11.7. The van der Waals surface area contributed by atoms with E-state index in [0.29, 0.717) is 0 Å². The van der Waals surface area contributed by atoms with Crippen molar-refractivity contribution in [1.29, 1.82) is 0 Å². The molecule has 0 bridgehead atoms. The molecule has 3 aromatic rings. The van der Waals surface area contributed by atoms with Gasteiger partial charge < -0.3 is 9.88 Å². The second kappa shape index (κ2) is 6.06. The normalized spacial score (nSPS) is 12.0. The number of hydrogen-bond donors (Lipinski definition) is 1. The van der Waals surface area contributed by atoms with Gasteiger partial charge >= 0.3 is 0 Å². The van der Waals surface area contributed by atoms with Crippen LogP contribution < -0.4 is 10.5 Å². The Hall–Kier alpha value is -1.91. The first-order chi connectivity index (χ1) is 10.7. The summed E-state index contributed by atoms with van der Waals surface area (Å²) in [5, 5.41) is 7.16. The zero-order valence-corrected chi connectivity index (χ0v) is 14.9. The average molecular weight is 310 g/mol. The maximum absolute atomic E-state index is 11.7. The minimum atomic E-state index is -0.184. The molecular weight excluding hydrogens is 288 g/mol. The number of ketones is 1. The molecular formula is C18H22N2OSi. The van der Waals surface area contributed by atoms with E-state index in [-0.39, 0.29) is 15.3 Å². The summed E-state index contributed by atoms with van der Waals surface area (Å²) < 4.78 is 2.35. The molecule has 114 valence electrons. The molecule has 0 saturated carbocycles. The smallest absolute Gasteiger partial charge is 0.159 e. The molecule has 22 heavy (non-hydrogen) atoms. The Labute approximate surface area is 133 Å². The largest absolute Gasteiger partial charge is 0.339 e. The Bertz CT molecular complexity index is 851. The molecule has 0 saturated heterocycles. The van der Waals surface area contributed by atoms with Crippen LogP contribution in [0.2, 0.25) is 6.55 Å². The molecule has 4 heteroatoms. The van der Waals surface area contributed by atoms with E-state index >= 15 is 0 Å². The minimum Gasteiger partial charge on any atom is -0.339 e. The number of hydrogen-bond acceptors (Lipinski definition) is 2. The van der Waals surface area contributed by atoms with E-state index in [9.17, 15) is 4.79 Å². The van der Waals surface area contributed by atoms with Crippen molar-refractivity contribution in [2.45, 2.75) is 20.0 Å². The van der Waals surface area contributed by atoms with Gasteiger partial charge in [0.25, 0.3) is 0 Å².